The number of hydrogen-bond donors (Lipinski definition) is 0. The fourth-order valence-electron chi connectivity index (χ4n) is 3.12. The molecule has 0 bridgehead atoms. The molecule has 0 aromatic carbocycles. The van der Waals surface area contributed by atoms with Crippen LogP contribution in [0.5, 0.6) is 0 Å². The van der Waals surface area contributed by atoms with E-state index in [1.807, 2.05) is 9.80 Å². The Balaban J connectivity index is 1.58. The van der Waals surface area contributed by atoms with Crippen LogP contribution in [0.25, 0.3) is 0 Å². The second-order valence-electron chi connectivity index (χ2n) is 6.19. The molecule has 4 heteroatoms. The number of piperidine rings is 1. The third-order valence-corrected chi connectivity index (χ3v) is 4.59. The normalized spacial score (nSPS) is 30.1. The molecule has 2 aliphatic heterocycles. The lowest BCUT2D eigenvalue weighted by Gasteiger charge is -2.32. The predicted octanol–water partition coefficient (Wildman–Crippen LogP) is 1.26. The summed E-state index contributed by atoms with van der Waals surface area (Å²) in [4.78, 5) is 28.2. The zero-order valence-electron chi connectivity index (χ0n) is 11.1. The monoisotopic (exact) mass is 250 g/mol. The number of hydrogen-bond acceptors (Lipinski definition) is 2. The molecular weight excluding hydrogens is 228 g/mol. The molecule has 2 saturated heterocycles. The molecule has 0 radical (unpaired) electrons. The van der Waals surface area contributed by atoms with Crippen LogP contribution in [0.15, 0.2) is 0 Å². The summed E-state index contributed by atoms with van der Waals surface area (Å²) in [6, 6.07) is 0.455. The van der Waals surface area contributed by atoms with Crippen LogP contribution in [0, 0.1) is 11.8 Å². The Hall–Kier alpha value is -1.06. The Bertz CT molecular complexity index is 357. The first-order valence-electron chi connectivity index (χ1n) is 7.23. The molecule has 1 aliphatic carbocycles. The average Bonchev–Trinajstić information content (AvgIpc) is 3.13. The van der Waals surface area contributed by atoms with Crippen molar-refractivity contribution in [1.82, 2.24) is 9.80 Å². The van der Waals surface area contributed by atoms with Crippen LogP contribution < -0.4 is 0 Å². The van der Waals surface area contributed by atoms with Gasteiger partial charge in [0.15, 0.2) is 0 Å². The Kier molecular flexibility index (Phi) is 3.04. The van der Waals surface area contributed by atoms with E-state index in [-0.39, 0.29) is 17.7 Å². The number of amides is 2. The maximum atomic E-state index is 12.4. The van der Waals surface area contributed by atoms with Crippen LogP contribution in [0.2, 0.25) is 0 Å². The van der Waals surface area contributed by atoms with E-state index in [9.17, 15) is 9.59 Å². The van der Waals surface area contributed by atoms with Gasteiger partial charge in [0.05, 0.1) is 5.92 Å². The minimum absolute atomic E-state index is 0.0634. The lowest BCUT2D eigenvalue weighted by Crippen LogP contribution is -2.42. The maximum Gasteiger partial charge on any atom is 0.227 e. The van der Waals surface area contributed by atoms with Crippen LogP contribution in [0.1, 0.15) is 39.0 Å². The van der Waals surface area contributed by atoms with Gasteiger partial charge in [-0.25, -0.2) is 0 Å². The first-order chi connectivity index (χ1) is 8.65. The van der Waals surface area contributed by atoms with E-state index in [1.54, 1.807) is 0 Å². The summed E-state index contributed by atoms with van der Waals surface area (Å²) in [6.07, 6.45) is 4.93. The van der Waals surface area contributed by atoms with Gasteiger partial charge in [0.25, 0.3) is 0 Å². The molecule has 2 heterocycles. The summed E-state index contributed by atoms with van der Waals surface area (Å²) in [5, 5.41) is 0. The van der Waals surface area contributed by atoms with Gasteiger partial charge >= 0.3 is 0 Å². The van der Waals surface area contributed by atoms with Gasteiger partial charge in [0, 0.05) is 32.1 Å². The number of likely N-dealkylation sites (tertiary alicyclic amines) is 2. The summed E-state index contributed by atoms with van der Waals surface area (Å²) in [5.74, 6) is 1.09. The molecule has 1 atom stereocenters. The molecular formula is C14H22N2O2. The molecule has 0 spiro atoms. The highest BCUT2D eigenvalue weighted by atomic mass is 16.2. The standard InChI is InChI=1S/C14H22N2O2/c1-10-4-6-15(7-5-10)14(18)11-8-13(17)16(9-11)12-2-3-12/h10-12H,2-9H2,1H3. The lowest BCUT2D eigenvalue weighted by atomic mass is 9.97. The predicted molar refractivity (Wildman–Crippen MR) is 67.8 cm³/mol. The molecule has 0 N–H and O–H groups in total. The summed E-state index contributed by atoms with van der Waals surface area (Å²) in [6.45, 7) is 4.69. The van der Waals surface area contributed by atoms with Crippen LogP contribution in [0.3, 0.4) is 0 Å². The first kappa shape index (κ1) is 12.0. The molecule has 0 aromatic rings. The summed E-state index contributed by atoms with van der Waals surface area (Å²) in [5.41, 5.74) is 0. The SMILES string of the molecule is CC1CCN(C(=O)C2CC(=O)N(C3CC3)C2)CC1. The van der Waals surface area contributed by atoms with E-state index < -0.39 is 0 Å². The van der Waals surface area contributed by atoms with Crippen molar-refractivity contribution in [2.75, 3.05) is 19.6 Å². The van der Waals surface area contributed by atoms with Crippen LogP contribution in [-0.4, -0.2) is 47.3 Å². The second kappa shape index (κ2) is 4.56. The molecule has 3 aliphatic rings. The highest BCUT2D eigenvalue weighted by Gasteiger charge is 2.42. The number of carbonyl (C=O) groups excluding carboxylic acids is 2. The van der Waals surface area contributed by atoms with Crippen molar-refractivity contribution in [3.05, 3.63) is 0 Å². The van der Waals surface area contributed by atoms with Crippen LogP contribution >= 0.6 is 0 Å². The fourth-order valence-corrected chi connectivity index (χ4v) is 3.12. The summed E-state index contributed by atoms with van der Waals surface area (Å²) >= 11 is 0. The van der Waals surface area contributed by atoms with E-state index in [1.165, 1.54) is 0 Å². The zero-order chi connectivity index (χ0) is 12.7. The molecule has 4 nitrogen and oxygen atoms in total. The highest BCUT2D eigenvalue weighted by Crippen LogP contribution is 2.33. The Labute approximate surface area is 108 Å². The molecule has 1 saturated carbocycles. The zero-order valence-corrected chi connectivity index (χ0v) is 11.1. The fraction of sp³-hybridized carbons (Fsp3) is 0.857. The van der Waals surface area contributed by atoms with E-state index >= 15 is 0 Å². The van der Waals surface area contributed by atoms with Gasteiger partial charge in [-0.05, 0) is 31.6 Å². The third kappa shape index (κ3) is 2.25. The summed E-state index contributed by atoms with van der Waals surface area (Å²) in [7, 11) is 0. The quantitative estimate of drug-likeness (QED) is 0.740. The van der Waals surface area contributed by atoms with Gasteiger partial charge < -0.3 is 9.80 Å². The summed E-state index contributed by atoms with van der Waals surface area (Å²) < 4.78 is 0. The minimum atomic E-state index is -0.0634. The average molecular weight is 250 g/mol. The van der Waals surface area contributed by atoms with Crippen molar-refractivity contribution in [2.45, 2.75) is 45.1 Å². The van der Waals surface area contributed by atoms with Crippen molar-refractivity contribution in [2.24, 2.45) is 11.8 Å². The van der Waals surface area contributed by atoms with Crippen molar-refractivity contribution in [3.8, 4) is 0 Å². The number of nitrogens with zero attached hydrogens (tertiary/aromatic N) is 2. The van der Waals surface area contributed by atoms with Crippen molar-refractivity contribution in [3.63, 3.8) is 0 Å². The topological polar surface area (TPSA) is 40.6 Å². The number of carbonyl (C=O) groups is 2. The minimum Gasteiger partial charge on any atom is -0.342 e. The van der Waals surface area contributed by atoms with E-state index in [0.29, 0.717) is 19.0 Å². The van der Waals surface area contributed by atoms with Gasteiger partial charge in [0.2, 0.25) is 11.8 Å². The Morgan fingerprint density at radius 3 is 2.44 bits per heavy atom. The molecule has 1 unspecified atom stereocenters. The molecule has 100 valence electrons. The van der Waals surface area contributed by atoms with E-state index in [0.717, 1.165) is 44.7 Å². The van der Waals surface area contributed by atoms with Gasteiger partial charge in [-0.2, -0.15) is 0 Å². The third-order valence-electron chi connectivity index (χ3n) is 4.59. The van der Waals surface area contributed by atoms with Crippen molar-refractivity contribution < 1.29 is 9.59 Å². The van der Waals surface area contributed by atoms with Gasteiger partial charge in [0.1, 0.15) is 0 Å². The second-order valence-corrected chi connectivity index (χ2v) is 6.19. The molecule has 2 amide bonds. The van der Waals surface area contributed by atoms with Gasteiger partial charge in [-0.15, -0.1) is 0 Å². The lowest BCUT2D eigenvalue weighted by molar-refractivity contribution is -0.137. The smallest absolute Gasteiger partial charge is 0.227 e. The van der Waals surface area contributed by atoms with Crippen LogP contribution in [0.4, 0.5) is 0 Å². The van der Waals surface area contributed by atoms with Gasteiger partial charge in [-0.3, -0.25) is 9.59 Å². The largest absolute Gasteiger partial charge is 0.342 e. The van der Waals surface area contributed by atoms with Gasteiger partial charge in [-0.1, -0.05) is 6.92 Å². The van der Waals surface area contributed by atoms with Crippen LogP contribution in [-0.2, 0) is 9.59 Å². The maximum absolute atomic E-state index is 12.4. The van der Waals surface area contributed by atoms with Crippen molar-refractivity contribution >= 4 is 11.8 Å². The highest BCUT2D eigenvalue weighted by molar-refractivity contribution is 5.89. The Morgan fingerprint density at radius 2 is 1.83 bits per heavy atom. The van der Waals surface area contributed by atoms with E-state index in [2.05, 4.69) is 6.92 Å². The molecule has 3 rings (SSSR count). The molecule has 0 aromatic heterocycles. The van der Waals surface area contributed by atoms with Crippen molar-refractivity contribution in [1.29, 1.82) is 0 Å². The van der Waals surface area contributed by atoms with E-state index in [4.69, 9.17) is 0 Å². The molecule has 3 fully saturated rings. The first-order valence-corrected chi connectivity index (χ1v) is 7.23. The number of rotatable bonds is 2. The Morgan fingerprint density at radius 1 is 1.17 bits per heavy atom. The molecule has 18 heavy (non-hydrogen) atoms.